The first-order valence-corrected chi connectivity index (χ1v) is 6.20. The van der Waals surface area contributed by atoms with Crippen LogP contribution < -0.4 is 5.32 Å². The minimum Gasteiger partial charge on any atom is -0.392 e. The van der Waals surface area contributed by atoms with E-state index in [0.717, 1.165) is 32.4 Å². The Labute approximate surface area is 97.7 Å². The Balaban J connectivity index is 1.93. The molecule has 1 aromatic rings. The van der Waals surface area contributed by atoms with Gasteiger partial charge in [-0.3, -0.25) is 0 Å². The summed E-state index contributed by atoms with van der Waals surface area (Å²) in [4.78, 5) is 0. The Kier molecular flexibility index (Phi) is 3.97. The summed E-state index contributed by atoms with van der Waals surface area (Å²) in [5, 5.41) is 13.5. The fraction of sp³-hybridized carbons (Fsp3) is 0.571. The van der Waals surface area contributed by atoms with E-state index in [-0.39, 0.29) is 6.10 Å². The molecule has 16 heavy (non-hydrogen) atoms. The van der Waals surface area contributed by atoms with E-state index >= 15 is 0 Å². The minimum atomic E-state index is -0.177. The zero-order chi connectivity index (χ0) is 11.4. The second-order valence-corrected chi connectivity index (χ2v) is 4.85. The lowest BCUT2D eigenvalue weighted by Crippen LogP contribution is -2.34. The van der Waals surface area contributed by atoms with Crippen molar-refractivity contribution in [3.8, 4) is 0 Å². The van der Waals surface area contributed by atoms with Crippen LogP contribution in [0.3, 0.4) is 0 Å². The highest BCUT2D eigenvalue weighted by molar-refractivity contribution is 5.22. The molecule has 2 rings (SSSR count). The van der Waals surface area contributed by atoms with Crippen LogP contribution >= 0.6 is 0 Å². The van der Waals surface area contributed by atoms with Crippen molar-refractivity contribution >= 4 is 0 Å². The molecule has 1 aliphatic heterocycles. The van der Waals surface area contributed by atoms with Gasteiger partial charge in [0.25, 0.3) is 0 Å². The first-order chi connectivity index (χ1) is 7.75. The largest absolute Gasteiger partial charge is 0.392 e. The van der Waals surface area contributed by atoms with Crippen LogP contribution in [0.25, 0.3) is 0 Å². The Morgan fingerprint density at radius 3 is 2.81 bits per heavy atom. The van der Waals surface area contributed by atoms with E-state index < -0.39 is 0 Å². The monoisotopic (exact) mass is 219 g/mol. The highest BCUT2D eigenvalue weighted by atomic mass is 16.3. The molecule has 2 nitrogen and oxygen atoms in total. The van der Waals surface area contributed by atoms with Crippen LogP contribution in [0.4, 0.5) is 0 Å². The van der Waals surface area contributed by atoms with Crippen molar-refractivity contribution in [3.05, 3.63) is 35.4 Å². The first-order valence-electron chi connectivity index (χ1n) is 6.20. The van der Waals surface area contributed by atoms with Gasteiger partial charge in [0.05, 0.1) is 6.10 Å². The van der Waals surface area contributed by atoms with E-state index in [1.54, 1.807) is 0 Å². The number of aliphatic hydroxyl groups excluding tert-OH is 1. The van der Waals surface area contributed by atoms with Crippen molar-refractivity contribution in [2.45, 2.75) is 32.3 Å². The summed E-state index contributed by atoms with van der Waals surface area (Å²) in [6.07, 6.45) is 2.83. The third kappa shape index (κ3) is 3.06. The molecule has 1 aromatic carbocycles. The van der Waals surface area contributed by atoms with Gasteiger partial charge in [0, 0.05) is 0 Å². The summed E-state index contributed by atoms with van der Waals surface area (Å²) >= 11 is 0. The van der Waals surface area contributed by atoms with Crippen LogP contribution in [-0.2, 0) is 6.42 Å². The average molecular weight is 219 g/mol. The first kappa shape index (κ1) is 11.6. The molecule has 0 aromatic heterocycles. The van der Waals surface area contributed by atoms with E-state index in [1.165, 1.54) is 11.1 Å². The van der Waals surface area contributed by atoms with Gasteiger partial charge in [-0.25, -0.2) is 0 Å². The Morgan fingerprint density at radius 1 is 1.38 bits per heavy atom. The molecule has 0 radical (unpaired) electrons. The molecule has 0 amide bonds. The number of aryl methyl sites for hydroxylation is 1. The van der Waals surface area contributed by atoms with Crippen molar-refractivity contribution in [3.63, 3.8) is 0 Å². The quantitative estimate of drug-likeness (QED) is 0.814. The van der Waals surface area contributed by atoms with E-state index in [2.05, 4.69) is 36.5 Å². The minimum absolute atomic E-state index is 0.177. The van der Waals surface area contributed by atoms with Crippen LogP contribution in [0.2, 0.25) is 0 Å². The number of nitrogens with one attached hydrogen (secondary N) is 1. The molecule has 2 heteroatoms. The van der Waals surface area contributed by atoms with Crippen molar-refractivity contribution in [2.24, 2.45) is 5.92 Å². The molecule has 1 atom stereocenters. The summed E-state index contributed by atoms with van der Waals surface area (Å²) in [5.74, 6) is 0.474. The molecule has 1 fully saturated rings. The smallest absolute Gasteiger partial charge is 0.0609 e. The third-order valence-electron chi connectivity index (χ3n) is 3.46. The molecule has 1 heterocycles. The van der Waals surface area contributed by atoms with Crippen LogP contribution in [0.1, 0.15) is 24.0 Å². The zero-order valence-corrected chi connectivity index (χ0v) is 9.95. The summed E-state index contributed by atoms with van der Waals surface area (Å²) in [7, 11) is 0. The number of hydrogen-bond acceptors (Lipinski definition) is 2. The number of aliphatic hydroxyl groups is 1. The number of rotatable bonds is 3. The summed E-state index contributed by atoms with van der Waals surface area (Å²) in [5.41, 5.74) is 2.53. The SMILES string of the molecule is Cc1cccc(CC(O)C2CCNCC2)c1. The Bertz CT molecular complexity index is 331. The molecular weight excluding hydrogens is 198 g/mol. The fourth-order valence-electron chi connectivity index (χ4n) is 2.48. The van der Waals surface area contributed by atoms with Crippen LogP contribution in [0, 0.1) is 12.8 Å². The summed E-state index contributed by atoms with van der Waals surface area (Å²) < 4.78 is 0. The van der Waals surface area contributed by atoms with Crippen LogP contribution in [-0.4, -0.2) is 24.3 Å². The van der Waals surface area contributed by atoms with Gasteiger partial charge in [-0.15, -0.1) is 0 Å². The molecule has 1 saturated heterocycles. The predicted octanol–water partition coefficient (Wildman–Crippen LogP) is 1.90. The van der Waals surface area contributed by atoms with Gasteiger partial charge in [-0.05, 0) is 50.8 Å². The maximum absolute atomic E-state index is 10.2. The van der Waals surface area contributed by atoms with Gasteiger partial charge < -0.3 is 10.4 Å². The van der Waals surface area contributed by atoms with Gasteiger partial charge >= 0.3 is 0 Å². The van der Waals surface area contributed by atoms with E-state index in [9.17, 15) is 5.11 Å². The number of piperidine rings is 1. The molecule has 1 aliphatic rings. The molecule has 0 bridgehead atoms. The molecule has 0 saturated carbocycles. The van der Waals surface area contributed by atoms with Crippen molar-refractivity contribution < 1.29 is 5.11 Å². The van der Waals surface area contributed by atoms with Gasteiger partial charge in [-0.2, -0.15) is 0 Å². The highest BCUT2D eigenvalue weighted by Gasteiger charge is 2.21. The Hall–Kier alpha value is -0.860. The molecule has 0 aliphatic carbocycles. The van der Waals surface area contributed by atoms with Crippen molar-refractivity contribution in [2.75, 3.05) is 13.1 Å². The molecule has 88 valence electrons. The van der Waals surface area contributed by atoms with Gasteiger partial charge in [-0.1, -0.05) is 29.8 Å². The molecule has 1 unspecified atom stereocenters. The van der Waals surface area contributed by atoms with E-state index in [0.29, 0.717) is 5.92 Å². The second-order valence-electron chi connectivity index (χ2n) is 4.85. The van der Waals surface area contributed by atoms with Gasteiger partial charge in [0.2, 0.25) is 0 Å². The van der Waals surface area contributed by atoms with Crippen LogP contribution in [0.15, 0.2) is 24.3 Å². The molecular formula is C14H21NO. The standard InChI is InChI=1S/C14H21NO/c1-11-3-2-4-12(9-11)10-14(16)13-5-7-15-8-6-13/h2-4,9,13-16H,5-8,10H2,1H3. The van der Waals surface area contributed by atoms with Crippen molar-refractivity contribution in [1.29, 1.82) is 0 Å². The fourth-order valence-corrected chi connectivity index (χ4v) is 2.48. The van der Waals surface area contributed by atoms with Crippen LogP contribution in [0.5, 0.6) is 0 Å². The average Bonchev–Trinajstić information content (AvgIpc) is 2.30. The zero-order valence-electron chi connectivity index (χ0n) is 9.95. The number of hydrogen-bond donors (Lipinski definition) is 2. The topological polar surface area (TPSA) is 32.3 Å². The number of benzene rings is 1. The van der Waals surface area contributed by atoms with E-state index in [1.807, 2.05) is 0 Å². The highest BCUT2D eigenvalue weighted by Crippen LogP contribution is 2.19. The lowest BCUT2D eigenvalue weighted by Gasteiger charge is -2.27. The second kappa shape index (κ2) is 5.46. The lowest BCUT2D eigenvalue weighted by molar-refractivity contribution is 0.0890. The summed E-state index contributed by atoms with van der Waals surface area (Å²) in [6.45, 7) is 4.20. The lowest BCUT2D eigenvalue weighted by atomic mass is 9.88. The maximum atomic E-state index is 10.2. The third-order valence-corrected chi connectivity index (χ3v) is 3.46. The van der Waals surface area contributed by atoms with Gasteiger partial charge in [0.1, 0.15) is 0 Å². The normalized spacial score (nSPS) is 19.6. The van der Waals surface area contributed by atoms with Crippen molar-refractivity contribution in [1.82, 2.24) is 5.32 Å². The predicted molar refractivity (Wildman–Crippen MR) is 66.5 cm³/mol. The molecule has 0 spiro atoms. The maximum Gasteiger partial charge on any atom is 0.0609 e. The van der Waals surface area contributed by atoms with Gasteiger partial charge in [0.15, 0.2) is 0 Å². The Morgan fingerprint density at radius 2 is 2.12 bits per heavy atom. The summed E-state index contributed by atoms with van der Waals surface area (Å²) in [6, 6.07) is 8.45. The van der Waals surface area contributed by atoms with E-state index in [4.69, 9.17) is 0 Å². The molecule has 2 N–H and O–H groups in total.